The molecule has 1 saturated heterocycles. The van der Waals surface area contributed by atoms with E-state index in [1.807, 2.05) is 13.8 Å². The fourth-order valence-electron chi connectivity index (χ4n) is 6.45. The molecule has 17 N–H and O–H groups in total. The van der Waals surface area contributed by atoms with E-state index in [4.69, 9.17) is 28.7 Å². The van der Waals surface area contributed by atoms with Crippen LogP contribution in [0.25, 0.3) is 0 Å². The second-order valence-electron chi connectivity index (χ2n) is 15.4. The van der Waals surface area contributed by atoms with E-state index in [1.54, 1.807) is 42.5 Å². The van der Waals surface area contributed by atoms with Gasteiger partial charge in [-0.1, -0.05) is 56.3 Å². The topological polar surface area (TPSA) is 367 Å². The van der Waals surface area contributed by atoms with Gasteiger partial charge in [-0.05, 0) is 61.3 Å². The summed E-state index contributed by atoms with van der Waals surface area (Å²) in [6.07, 6.45) is 0.471. The second-order valence-corrected chi connectivity index (χ2v) is 16.5. The quantitative estimate of drug-likeness (QED) is 0.0499. The van der Waals surface area contributed by atoms with Crippen molar-refractivity contribution in [1.29, 1.82) is 0 Å². The summed E-state index contributed by atoms with van der Waals surface area (Å²) in [5.41, 5.74) is 28.9. The summed E-state index contributed by atoms with van der Waals surface area (Å²) in [7, 11) is 0. The number of hydrogen-bond acceptors (Lipinski definition) is 11. The molecule has 0 aliphatic carbocycles. The zero-order valence-electron chi connectivity index (χ0n) is 35.5. The number of amides is 7. The number of hydrogen-bond donors (Lipinski definition) is 12. The van der Waals surface area contributed by atoms with Gasteiger partial charge in [-0.2, -0.15) is 0 Å². The lowest BCUT2D eigenvalue weighted by molar-refractivity contribution is -0.135. The minimum atomic E-state index is -1.30. The third kappa shape index (κ3) is 18.9. The predicted molar refractivity (Wildman–Crippen MR) is 239 cm³/mol. The first-order valence-corrected chi connectivity index (χ1v) is 21.7. The average molecular weight is 896 g/mol. The van der Waals surface area contributed by atoms with Crippen LogP contribution in [0.4, 0.5) is 0 Å². The maximum Gasteiger partial charge on any atom is 0.243 e. The molecule has 63 heavy (non-hydrogen) atoms. The number of aromatic hydroxyl groups is 1. The monoisotopic (exact) mass is 895 g/mol. The summed E-state index contributed by atoms with van der Waals surface area (Å²) < 4.78 is 0. The lowest BCUT2D eigenvalue weighted by atomic mass is 10.00. The summed E-state index contributed by atoms with van der Waals surface area (Å²) in [4.78, 5) is 104. The van der Waals surface area contributed by atoms with Crippen LogP contribution in [0.5, 0.6) is 5.75 Å². The van der Waals surface area contributed by atoms with Gasteiger partial charge in [-0.15, -0.1) is 11.8 Å². The summed E-state index contributed by atoms with van der Waals surface area (Å²) in [6.45, 7) is 3.87. The Bertz CT molecular complexity index is 1930. The Balaban J connectivity index is 2.11. The molecule has 0 aromatic heterocycles. The molecule has 22 heteroatoms. The lowest BCUT2D eigenvalue weighted by Gasteiger charge is -2.28. The molecule has 2 aromatic carbocycles. The van der Waals surface area contributed by atoms with Crippen molar-refractivity contribution in [3.05, 3.63) is 65.7 Å². The van der Waals surface area contributed by atoms with Crippen molar-refractivity contribution in [1.82, 2.24) is 31.9 Å². The minimum Gasteiger partial charge on any atom is -0.508 e. The number of phenolic OH excluding ortho intramolecular Hbond substituents is 1. The molecule has 1 heterocycles. The van der Waals surface area contributed by atoms with Gasteiger partial charge in [0.15, 0.2) is 11.9 Å². The SMILES string of the molecule is CC(C)C[C@@H]1NC(=O)[C@H](Cc2ccc(O)cc2)NC(=O)CSC[C@@H](C(N)=O)NC(=O)[C@H](CCCN=C(N)N)NC(=O)[C@H](Cc2ccccc2)NC(=O)[C@H](CCCN=C(N)N)NC1=O. The Hall–Kier alpha value is -6.58. The second kappa shape index (κ2) is 26.0. The van der Waals surface area contributed by atoms with Gasteiger partial charge in [-0.25, -0.2) is 0 Å². The van der Waals surface area contributed by atoms with E-state index in [2.05, 4.69) is 41.9 Å². The number of carbonyl (C=O) groups is 7. The molecule has 2 aromatic rings. The molecule has 1 aliphatic heterocycles. The molecule has 1 fully saturated rings. The highest BCUT2D eigenvalue weighted by Gasteiger charge is 2.34. The van der Waals surface area contributed by atoms with Gasteiger partial charge >= 0.3 is 0 Å². The number of carbonyl (C=O) groups excluding carboxylic acids is 7. The van der Waals surface area contributed by atoms with Crippen molar-refractivity contribution in [3.63, 3.8) is 0 Å². The number of nitrogens with one attached hydrogen (secondary N) is 6. The molecule has 0 spiro atoms. The van der Waals surface area contributed by atoms with Gasteiger partial charge < -0.3 is 65.7 Å². The average Bonchev–Trinajstić information content (AvgIpc) is 3.22. The molecule has 0 bridgehead atoms. The third-order valence-corrected chi connectivity index (χ3v) is 10.7. The molecular formula is C41H61N13O8S. The van der Waals surface area contributed by atoms with Gasteiger partial charge in [0.05, 0.1) is 5.75 Å². The van der Waals surface area contributed by atoms with Crippen LogP contribution in [0.3, 0.4) is 0 Å². The van der Waals surface area contributed by atoms with Crippen LogP contribution in [0, 0.1) is 5.92 Å². The number of primary amides is 1. The van der Waals surface area contributed by atoms with Gasteiger partial charge in [0.2, 0.25) is 41.4 Å². The number of guanidine groups is 2. The molecule has 6 atom stereocenters. The van der Waals surface area contributed by atoms with Crippen LogP contribution in [0.2, 0.25) is 0 Å². The third-order valence-electron chi connectivity index (χ3n) is 9.62. The van der Waals surface area contributed by atoms with E-state index in [-0.39, 0.29) is 93.1 Å². The Morgan fingerprint density at radius 2 is 1.08 bits per heavy atom. The van der Waals surface area contributed by atoms with Crippen LogP contribution in [-0.4, -0.2) is 119 Å². The molecule has 3 rings (SSSR count). The van der Waals surface area contributed by atoms with E-state index in [9.17, 15) is 38.7 Å². The van der Waals surface area contributed by atoms with Crippen molar-refractivity contribution in [3.8, 4) is 5.75 Å². The molecule has 344 valence electrons. The molecule has 1 aliphatic rings. The predicted octanol–water partition coefficient (Wildman–Crippen LogP) is -2.53. The number of nitrogens with zero attached hydrogens (tertiary/aromatic N) is 2. The largest absolute Gasteiger partial charge is 0.508 e. The first-order valence-electron chi connectivity index (χ1n) is 20.5. The zero-order chi connectivity index (χ0) is 46.5. The zero-order valence-corrected chi connectivity index (χ0v) is 36.3. The Morgan fingerprint density at radius 1 is 0.635 bits per heavy atom. The number of rotatable bonds is 15. The van der Waals surface area contributed by atoms with E-state index in [1.165, 1.54) is 12.1 Å². The van der Waals surface area contributed by atoms with Gasteiger partial charge in [0.25, 0.3) is 0 Å². The fourth-order valence-corrected chi connectivity index (χ4v) is 7.32. The van der Waals surface area contributed by atoms with Crippen LogP contribution in [0.1, 0.15) is 57.1 Å². The van der Waals surface area contributed by atoms with Gasteiger partial charge in [-0.3, -0.25) is 43.5 Å². The van der Waals surface area contributed by atoms with E-state index in [0.29, 0.717) is 11.1 Å². The van der Waals surface area contributed by atoms with Crippen LogP contribution in [-0.2, 0) is 46.4 Å². The smallest absolute Gasteiger partial charge is 0.243 e. The number of thioether (sulfide) groups is 1. The van der Waals surface area contributed by atoms with Crippen molar-refractivity contribution in [2.45, 2.75) is 95.0 Å². The van der Waals surface area contributed by atoms with E-state index >= 15 is 0 Å². The van der Waals surface area contributed by atoms with Gasteiger partial charge in [0.1, 0.15) is 42.0 Å². The molecule has 0 unspecified atom stereocenters. The normalized spacial score (nSPS) is 22.1. The van der Waals surface area contributed by atoms with Crippen molar-refractivity contribution in [2.75, 3.05) is 24.6 Å². The lowest BCUT2D eigenvalue weighted by Crippen LogP contribution is -2.60. The van der Waals surface area contributed by atoms with Gasteiger partial charge in [0, 0.05) is 31.7 Å². The van der Waals surface area contributed by atoms with Crippen LogP contribution < -0.4 is 60.6 Å². The first-order chi connectivity index (χ1) is 29.9. The van der Waals surface area contributed by atoms with Crippen molar-refractivity contribution in [2.24, 2.45) is 44.6 Å². The molecule has 0 radical (unpaired) electrons. The number of nitrogens with two attached hydrogens (primary N) is 5. The summed E-state index contributed by atoms with van der Waals surface area (Å²) in [5.74, 6) is -6.22. The number of aliphatic imine (C=N–C) groups is 2. The summed E-state index contributed by atoms with van der Waals surface area (Å²) in [6, 6.07) is 7.19. The molecule has 21 nitrogen and oxygen atoms in total. The van der Waals surface area contributed by atoms with Crippen LogP contribution >= 0.6 is 11.8 Å². The fraction of sp³-hybridized carbons (Fsp3) is 0.488. The Kier molecular flexibility index (Phi) is 21.0. The van der Waals surface area contributed by atoms with E-state index in [0.717, 1.165) is 11.8 Å². The molecule has 0 saturated carbocycles. The molecular weight excluding hydrogens is 835 g/mol. The van der Waals surface area contributed by atoms with Crippen LogP contribution in [0.15, 0.2) is 64.6 Å². The summed E-state index contributed by atoms with van der Waals surface area (Å²) in [5, 5.41) is 26.0. The standard InChI is InChI=1S/C41H61N13O8S/c1-23(2)18-29-37(60)50-27(10-6-16-47-40(43)44)35(58)53-31(19-24-8-4-3-5-9-24)39(62)51-28(11-7-17-48-41(45)46)36(59)54-32(34(42)57)21-63-22-33(56)49-30(38(61)52-29)20-25-12-14-26(55)15-13-25/h3-5,8-9,12-15,23,27-32,55H,6-7,10-11,16-22H2,1-2H3,(H2,42,57)(H,49,56)(H,50,60)(H,51,62)(H,52,61)(H,53,58)(H,54,59)(H4,43,44,47)(H4,45,46,48)/t27-,28-,29-,30-,31-,32-/m0/s1. The number of phenols is 1. The number of benzene rings is 2. The highest BCUT2D eigenvalue weighted by Crippen LogP contribution is 2.15. The van der Waals surface area contributed by atoms with Crippen molar-refractivity contribution >= 4 is 65.0 Å². The maximum absolute atomic E-state index is 14.3. The van der Waals surface area contributed by atoms with E-state index < -0.39 is 77.6 Å². The first kappa shape index (κ1) is 50.8. The Morgan fingerprint density at radius 3 is 1.59 bits per heavy atom. The summed E-state index contributed by atoms with van der Waals surface area (Å²) >= 11 is 0.952. The van der Waals surface area contributed by atoms with Crippen molar-refractivity contribution < 1.29 is 38.7 Å². The highest BCUT2D eigenvalue weighted by atomic mass is 32.2. The highest BCUT2D eigenvalue weighted by molar-refractivity contribution is 8.00. The minimum absolute atomic E-state index is 0.00208. The molecule has 7 amide bonds. The maximum atomic E-state index is 14.3. The Labute approximate surface area is 370 Å².